The summed E-state index contributed by atoms with van der Waals surface area (Å²) < 4.78 is 7.51. The van der Waals surface area contributed by atoms with Crippen LogP contribution in [0.2, 0.25) is 10.0 Å². The molecule has 5 aromatic rings. The number of carbonyl (C=O) groups is 1. The lowest BCUT2D eigenvalue weighted by Gasteiger charge is -2.19. The smallest absolute Gasteiger partial charge is 0.355 e. The van der Waals surface area contributed by atoms with E-state index in [9.17, 15) is 4.79 Å². The highest BCUT2D eigenvalue weighted by Gasteiger charge is 2.28. The summed E-state index contributed by atoms with van der Waals surface area (Å²) in [6.07, 6.45) is 1.82. The number of ether oxygens (including phenoxy) is 1. The molecule has 0 aliphatic heterocycles. The highest BCUT2D eigenvalue weighted by molar-refractivity contribution is 6.31. The van der Waals surface area contributed by atoms with Gasteiger partial charge in [0.05, 0.1) is 30.4 Å². The number of rotatable bonds is 6. The Labute approximate surface area is 213 Å². The van der Waals surface area contributed by atoms with E-state index < -0.39 is 5.97 Å². The van der Waals surface area contributed by atoms with Crippen molar-refractivity contribution >= 4 is 40.1 Å². The van der Waals surface area contributed by atoms with Gasteiger partial charge < -0.3 is 14.3 Å². The second-order valence-electron chi connectivity index (χ2n) is 8.23. The number of hydrogen-bond donors (Lipinski definition) is 1. The van der Waals surface area contributed by atoms with Gasteiger partial charge in [0.15, 0.2) is 0 Å². The molecule has 0 saturated carbocycles. The predicted octanol–water partition coefficient (Wildman–Crippen LogP) is 7.79. The Balaban J connectivity index is 1.82. The third-order valence-electron chi connectivity index (χ3n) is 6.09. The van der Waals surface area contributed by atoms with E-state index in [0.717, 1.165) is 39.0 Å². The van der Waals surface area contributed by atoms with Crippen molar-refractivity contribution in [2.45, 2.75) is 19.9 Å². The minimum atomic E-state index is -0.430. The summed E-state index contributed by atoms with van der Waals surface area (Å²) in [5.74, 6) is -0.430. The molecule has 0 aliphatic rings. The summed E-state index contributed by atoms with van der Waals surface area (Å²) in [7, 11) is 0. The molecule has 2 heterocycles. The normalized spacial score (nSPS) is 12.1. The highest BCUT2D eigenvalue weighted by Crippen LogP contribution is 2.41. The number of aromatic amines is 1. The molecule has 176 valence electrons. The molecule has 5 rings (SSSR count). The molecule has 0 unspecified atom stereocenters. The number of aromatic nitrogens is 3. The minimum Gasteiger partial charge on any atom is -0.461 e. The zero-order valence-electron chi connectivity index (χ0n) is 19.3. The molecule has 0 radical (unpaired) electrons. The van der Waals surface area contributed by atoms with Gasteiger partial charge >= 0.3 is 5.97 Å². The lowest BCUT2D eigenvalue weighted by atomic mass is 10.00. The second kappa shape index (κ2) is 9.61. The summed E-state index contributed by atoms with van der Waals surface area (Å²) in [4.78, 5) is 21.2. The van der Waals surface area contributed by atoms with Gasteiger partial charge in [-0.1, -0.05) is 71.7 Å². The van der Waals surface area contributed by atoms with Crippen molar-refractivity contribution < 1.29 is 9.53 Å². The summed E-state index contributed by atoms with van der Waals surface area (Å²) in [5.41, 5.74) is 5.44. The van der Waals surface area contributed by atoms with Crippen molar-refractivity contribution in [3.05, 3.63) is 100 Å². The number of hydrogen-bond acceptors (Lipinski definition) is 3. The van der Waals surface area contributed by atoms with Gasteiger partial charge in [0.2, 0.25) is 0 Å². The average molecular weight is 504 g/mol. The van der Waals surface area contributed by atoms with Crippen molar-refractivity contribution in [3.63, 3.8) is 0 Å². The summed E-state index contributed by atoms with van der Waals surface area (Å²) in [5, 5.41) is 2.11. The van der Waals surface area contributed by atoms with Gasteiger partial charge in [-0.05, 0) is 43.7 Å². The molecule has 5 nitrogen and oxygen atoms in total. The van der Waals surface area contributed by atoms with Crippen LogP contribution in [0, 0.1) is 0 Å². The topological polar surface area (TPSA) is 59.9 Å². The molecule has 0 fully saturated rings. The van der Waals surface area contributed by atoms with Crippen LogP contribution in [0.15, 0.2) is 79.1 Å². The number of esters is 1. The second-order valence-corrected chi connectivity index (χ2v) is 9.10. The molecule has 1 atom stereocenters. The number of halogens is 2. The van der Waals surface area contributed by atoms with E-state index in [1.54, 1.807) is 6.92 Å². The Morgan fingerprint density at radius 2 is 1.74 bits per heavy atom. The fourth-order valence-corrected chi connectivity index (χ4v) is 4.68. The molecule has 0 amide bonds. The Bertz CT molecular complexity index is 1510. The van der Waals surface area contributed by atoms with Crippen LogP contribution in [0.3, 0.4) is 0 Å². The van der Waals surface area contributed by atoms with Crippen molar-refractivity contribution in [2.75, 3.05) is 6.61 Å². The maximum Gasteiger partial charge on any atom is 0.355 e. The fraction of sp³-hybridized carbons (Fsp3) is 0.143. The molecule has 0 saturated heterocycles. The molecular weight excluding hydrogens is 481 g/mol. The summed E-state index contributed by atoms with van der Waals surface area (Å²) in [6.45, 7) is 4.15. The lowest BCUT2D eigenvalue weighted by molar-refractivity contribution is 0.0521. The number of imidazole rings is 1. The molecule has 35 heavy (non-hydrogen) atoms. The van der Waals surface area contributed by atoms with Gasteiger partial charge in [-0.2, -0.15) is 0 Å². The van der Waals surface area contributed by atoms with E-state index >= 15 is 0 Å². The first-order valence-electron chi connectivity index (χ1n) is 11.3. The van der Waals surface area contributed by atoms with Gasteiger partial charge in [0.1, 0.15) is 5.69 Å². The van der Waals surface area contributed by atoms with Crippen molar-refractivity contribution in [1.82, 2.24) is 14.5 Å². The zero-order chi connectivity index (χ0) is 24.5. The zero-order valence-corrected chi connectivity index (χ0v) is 20.8. The van der Waals surface area contributed by atoms with E-state index in [1.807, 2.05) is 79.1 Å². The fourth-order valence-electron chi connectivity index (χ4n) is 4.38. The standard InChI is InChI=1S/C28H23Cl2N3O2/c1-3-35-28(34)26-24(22-14-13-21(30)15-23(22)32-26)27-25(19-7-5-4-6-8-19)31-16-33(27)17(2)18-9-11-20(29)12-10-18/h4-17,32H,3H2,1-2H3/t17-/m0/s1. The molecule has 0 bridgehead atoms. The molecule has 3 aromatic carbocycles. The van der Waals surface area contributed by atoms with E-state index in [0.29, 0.717) is 15.7 Å². The maximum atomic E-state index is 13.1. The van der Waals surface area contributed by atoms with Gasteiger partial charge in [0, 0.05) is 32.1 Å². The Morgan fingerprint density at radius 1 is 1.03 bits per heavy atom. The Kier molecular flexibility index (Phi) is 6.37. The van der Waals surface area contributed by atoms with Crippen LogP contribution in [0.5, 0.6) is 0 Å². The lowest BCUT2D eigenvalue weighted by Crippen LogP contribution is -2.11. The predicted molar refractivity (Wildman–Crippen MR) is 141 cm³/mol. The molecule has 0 spiro atoms. The molecular formula is C28H23Cl2N3O2. The van der Waals surface area contributed by atoms with E-state index in [-0.39, 0.29) is 12.6 Å². The summed E-state index contributed by atoms with van der Waals surface area (Å²) >= 11 is 12.4. The largest absolute Gasteiger partial charge is 0.461 e. The van der Waals surface area contributed by atoms with Crippen molar-refractivity contribution in [2.24, 2.45) is 0 Å². The van der Waals surface area contributed by atoms with Gasteiger partial charge in [0.25, 0.3) is 0 Å². The number of carbonyl (C=O) groups excluding carboxylic acids is 1. The Hall–Kier alpha value is -3.54. The van der Waals surface area contributed by atoms with E-state index in [1.165, 1.54) is 0 Å². The number of nitrogens with zero attached hydrogens (tertiary/aromatic N) is 2. The number of H-pyrrole nitrogens is 1. The van der Waals surface area contributed by atoms with E-state index in [4.69, 9.17) is 32.9 Å². The van der Waals surface area contributed by atoms with Crippen LogP contribution in [-0.4, -0.2) is 27.1 Å². The van der Waals surface area contributed by atoms with Gasteiger partial charge in [-0.15, -0.1) is 0 Å². The maximum absolute atomic E-state index is 13.1. The Morgan fingerprint density at radius 3 is 2.46 bits per heavy atom. The first-order chi connectivity index (χ1) is 17.0. The number of fused-ring (bicyclic) bond motifs is 1. The van der Waals surface area contributed by atoms with Crippen molar-refractivity contribution in [1.29, 1.82) is 0 Å². The van der Waals surface area contributed by atoms with Crippen LogP contribution in [0.1, 0.15) is 35.9 Å². The first-order valence-corrected chi connectivity index (χ1v) is 12.1. The monoisotopic (exact) mass is 503 g/mol. The molecule has 7 heteroatoms. The SMILES string of the molecule is CCOC(=O)c1[nH]c2cc(Cl)ccc2c1-c1c(-c2ccccc2)ncn1[C@@H](C)c1ccc(Cl)cc1. The quantitative estimate of drug-likeness (QED) is 0.240. The van der Waals surface area contributed by atoms with Crippen LogP contribution in [0.4, 0.5) is 0 Å². The van der Waals surface area contributed by atoms with Crippen LogP contribution in [-0.2, 0) is 4.74 Å². The van der Waals surface area contributed by atoms with E-state index in [2.05, 4.69) is 16.5 Å². The molecule has 2 aromatic heterocycles. The number of benzene rings is 3. The molecule has 1 N–H and O–H groups in total. The van der Waals surface area contributed by atoms with Crippen LogP contribution < -0.4 is 0 Å². The molecule has 0 aliphatic carbocycles. The van der Waals surface area contributed by atoms with Gasteiger partial charge in [-0.3, -0.25) is 0 Å². The third kappa shape index (κ3) is 4.33. The summed E-state index contributed by atoms with van der Waals surface area (Å²) in [6, 6.07) is 23.2. The number of nitrogens with one attached hydrogen (secondary N) is 1. The van der Waals surface area contributed by atoms with Crippen molar-refractivity contribution in [3.8, 4) is 22.5 Å². The minimum absolute atomic E-state index is 0.0838. The highest BCUT2D eigenvalue weighted by atomic mass is 35.5. The van der Waals surface area contributed by atoms with Crippen LogP contribution >= 0.6 is 23.2 Å². The average Bonchev–Trinajstić information content (AvgIpc) is 3.46. The first kappa shape index (κ1) is 23.2. The van der Waals surface area contributed by atoms with Gasteiger partial charge in [-0.25, -0.2) is 9.78 Å². The van der Waals surface area contributed by atoms with Crippen LogP contribution in [0.25, 0.3) is 33.4 Å². The third-order valence-corrected chi connectivity index (χ3v) is 6.57.